The molecule has 29 heavy (non-hydrogen) atoms. The van der Waals surface area contributed by atoms with E-state index in [1.54, 1.807) is 49.4 Å². The highest BCUT2D eigenvalue weighted by Crippen LogP contribution is 2.31. The van der Waals surface area contributed by atoms with Gasteiger partial charge in [-0.3, -0.25) is 4.79 Å². The number of hydrogen-bond acceptors (Lipinski definition) is 7. The lowest BCUT2D eigenvalue weighted by Gasteiger charge is -2.14. The van der Waals surface area contributed by atoms with E-state index in [9.17, 15) is 4.79 Å². The van der Waals surface area contributed by atoms with E-state index < -0.39 is 0 Å². The van der Waals surface area contributed by atoms with Crippen LogP contribution in [0.5, 0.6) is 17.2 Å². The summed E-state index contributed by atoms with van der Waals surface area (Å²) in [7, 11) is 0. The van der Waals surface area contributed by atoms with E-state index in [1.807, 2.05) is 13.8 Å². The van der Waals surface area contributed by atoms with Crippen LogP contribution in [0.2, 0.25) is 0 Å². The summed E-state index contributed by atoms with van der Waals surface area (Å²) in [6.07, 6.45) is 0. The van der Waals surface area contributed by atoms with E-state index in [0.29, 0.717) is 53.4 Å². The molecule has 0 aliphatic carbocycles. The summed E-state index contributed by atoms with van der Waals surface area (Å²) in [5.74, 6) is 2.18. The van der Waals surface area contributed by atoms with Crippen LogP contribution < -0.4 is 19.5 Å². The SMILES string of the molecule is CCOc1ccc(NC(=O)c2ccccc2OCc2noc(C)n2)cc1OCC. The van der Waals surface area contributed by atoms with Gasteiger partial charge in [0.25, 0.3) is 5.91 Å². The predicted octanol–water partition coefficient (Wildman–Crippen LogP) is 4.01. The lowest BCUT2D eigenvalue weighted by atomic mass is 10.1. The fourth-order valence-corrected chi connectivity index (χ4v) is 2.65. The van der Waals surface area contributed by atoms with Crippen molar-refractivity contribution in [2.75, 3.05) is 18.5 Å². The van der Waals surface area contributed by atoms with E-state index in [2.05, 4.69) is 15.5 Å². The van der Waals surface area contributed by atoms with Crippen molar-refractivity contribution in [1.29, 1.82) is 0 Å². The first-order valence-electron chi connectivity index (χ1n) is 9.32. The highest BCUT2D eigenvalue weighted by atomic mass is 16.5. The number of ether oxygens (including phenoxy) is 3. The number of aryl methyl sites for hydroxylation is 1. The fourth-order valence-electron chi connectivity index (χ4n) is 2.65. The molecule has 0 aliphatic heterocycles. The predicted molar refractivity (Wildman–Crippen MR) is 107 cm³/mol. The van der Waals surface area contributed by atoms with Crippen LogP contribution in [0.4, 0.5) is 5.69 Å². The van der Waals surface area contributed by atoms with Crippen LogP contribution in [0.25, 0.3) is 0 Å². The van der Waals surface area contributed by atoms with Gasteiger partial charge in [-0.15, -0.1) is 0 Å². The van der Waals surface area contributed by atoms with Crippen molar-refractivity contribution in [2.45, 2.75) is 27.4 Å². The Bertz CT molecular complexity index is 970. The summed E-state index contributed by atoms with van der Waals surface area (Å²) >= 11 is 0. The van der Waals surface area contributed by atoms with Crippen LogP contribution >= 0.6 is 0 Å². The monoisotopic (exact) mass is 397 g/mol. The number of amides is 1. The zero-order valence-electron chi connectivity index (χ0n) is 16.6. The number of carbonyl (C=O) groups is 1. The van der Waals surface area contributed by atoms with Crippen molar-refractivity contribution >= 4 is 11.6 Å². The molecule has 0 fully saturated rings. The smallest absolute Gasteiger partial charge is 0.259 e. The van der Waals surface area contributed by atoms with Crippen LogP contribution in [0, 0.1) is 6.92 Å². The van der Waals surface area contributed by atoms with E-state index >= 15 is 0 Å². The molecule has 0 radical (unpaired) electrons. The third-order valence-electron chi connectivity index (χ3n) is 3.86. The Kier molecular flexibility index (Phi) is 6.67. The molecule has 0 aliphatic rings. The topological polar surface area (TPSA) is 95.7 Å². The Morgan fingerprint density at radius 1 is 1.00 bits per heavy atom. The first kappa shape index (κ1) is 20.2. The van der Waals surface area contributed by atoms with Gasteiger partial charge in [-0.05, 0) is 38.1 Å². The molecule has 1 heterocycles. The molecule has 3 rings (SSSR count). The molecule has 0 saturated carbocycles. The molecular formula is C21H23N3O5. The second kappa shape index (κ2) is 9.59. The molecule has 2 aromatic carbocycles. The number of rotatable bonds is 9. The number of hydrogen-bond donors (Lipinski definition) is 1. The van der Waals surface area contributed by atoms with Gasteiger partial charge in [-0.25, -0.2) is 0 Å². The van der Waals surface area contributed by atoms with E-state index in [1.165, 1.54) is 0 Å². The minimum Gasteiger partial charge on any atom is -0.490 e. The minimum atomic E-state index is -0.309. The summed E-state index contributed by atoms with van der Waals surface area (Å²) in [5, 5.41) is 6.65. The maximum Gasteiger partial charge on any atom is 0.259 e. The Hall–Kier alpha value is -3.55. The van der Waals surface area contributed by atoms with Gasteiger partial charge in [0.05, 0.1) is 18.8 Å². The molecule has 0 spiro atoms. The number of nitrogens with one attached hydrogen (secondary N) is 1. The highest BCUT2D eigenvalue weighted by Gasteiger charge is 2.15. The van der Waals surface area contributed by atoms with Gasteiger partial charge in [0.2, 0.25) is 11.7 Å². The lowest BCUT2D eigenvalue weighted by Crippen LogP contribution is -2.14. The third kappa shape index (κ3) is 5.25. The number of benzene rings is 2. The van der Waals surface area contributed by atoms with Crippen LogP contribution in [0.1, 0.15) is 35.9 Å². The zero-order valence-corrected chi connectivity index (χ0v) is 16.6. The van der Waals surface area contributed by atoms with E-state index in [0.717, 1.165) is 0 Å². The van der Waals surface area contributed by atoms with Crippen molar-refractivity contribution in [3.63, 3.8) is 0 Å². The molecule has 3 aromatic rings. The summed E-state index contributed by atoms with van der Waals surface area (Å²) in [5.41, 5.74) is 0.977. The maximum atomic E-state index is 12.8. The van der Waals surface area contributed by atoms with Crippen molar-refractivity contribution in [3.8, 4) is 17.2 Å². The van der Waals surface area contributed by atoms with Crippen LogP contribution in [-0.2, 0) is 6.61 Å². The molecule has 1 N–H and O–H groups in total. The van der Waals surface area contributed by atoms with Gasteiger partial charge < -0.3 is 24.1 Å². The number of aromatic nitrogens is 2. The first-order valence-corrected chi connectivity index (χ1v) is 9.32. The molecule has 0 saturated heterocycles. The highest BCUT2D eigenvalue weighted by molar-refractivity contribution is 6.06. The molecular weight excluding hydrogens is 374 g/mol. The Morgan fingerprint density at radius 3 is 2.48 bits per heavy atom. The Morgan fingerprint density at radius 2 is 1.76 bits per heavy atom. The average molecular weight is 397 g/mol. The summed E-state index contributed by atoms with van der Waals surface area (Å²) < 4.78 is 21.8. The second-order valence-electron chi connectivity index (χ2n) is 6.00. The second-order valence-corrected chi connectivity index (χ2v) is 6.00. The van der Waals surface area contributed by atoms with Crippen LogP contribution in [-0.4, -0.2) is 29.3 Å². The third-order valence-corrected chi connectivity index (χ3v) is 3.86. The van der Waals surface area contributed by atoms with Crippen molar-refractivity contribution in [1.82, 2.24) is 10.1 Å². The van der Waals surface area contributed by atoms with Crippen molar-refractivity contribution < 1.29 is 23.5 Å². The Balaban J connectivity index is 1.74. The van der Waals surface area contributed by atoms with Gasteiger partial charge in [0, 0.05) is 18.7 Å². The standard InChI is InChI=1S/C21H23N3O5/c1-4-26-18-11-10-15(12-19(18)27-5-2)23-21(25)16-8-6-7-9-17(16)28-13-20-22-14(3)29-24-20/h6-12H,4-5,13H2,1-3H3,(H,23,25). The normalized spacial score (nSPS) is 10.4. The van der Waals surface area contributed by atoms with Crippen molar-refractivity contribution in [3.05, 3.63) is 59.7 Å². The molecule has 0 atom stereocenters. The molecule has 152 valence electrons. The fraction of sp³-hybridized carbons (Fsp3) is 0.286. The molecule has 1 aromatic heterocycles. The Labute approximate surface area is 168 Å². The van der Waals surface area contributed by atoms with E-state index in [-0.39, 0.29) is 12.5 Å². The zero-order chi connectivity index (χ0) is 20.6. The molecule has 8 nitrogen and oxygen atoms in total. The number of anilines is 1. The van der Waals surface area contributed by atoms with Crippen LogP contribution in [0.15, 0.2) is 47.0 Å². The molecule has 0 unspecified atom stereocenters. The molecule has 0 bridgehead atoms. The van der Waals surface area contributed by atoms with Crippen LogP contribution in [0.3, 0.4) is 0 Å². The number of carbonyl (C=O) groups excluding carboxylic acids is 1. The summed E-state index contributed by atoms with van der Waals surface area (Å²) in [4.78, 5) is 16.9. The largest absolute Gasteiger partial charge is 0.490 e. The van der Waals surface area contributed by atoms with Gasteiger partial charge in [0.15, 0.2) is 18.1 Å². The molecule has 8 heteroatoms. The number of para-hydroxylation sites is 1. The minimum absolute atomic E-state index is 0.0964. The van der Waals surface area contributed by atoms with E-state index in [4.69, 9.17) is 18.7 Å². The lowest BCUT2D eigenvalue weighted by molar-refractivity contribution is 0.102. The quantitative estimate of drug-likeness (QED) is 0.583. The van der Waals surface area contributed by atoms with Gasteiger partial charge in [0.1, 0.15) is 5.75 Å². The van der Waals surface area contributed by atoms with Gasteiger partial charge >= 0.3 is 0 Å². The van der Waals surface area contributed by atoms with Crippen molar-refractivity contribution in [2.24, 2.45) is 0 Å². The molecule has 1 amide bonds. The summed E-state index contributed by atoms with van der Waals surface area (Å²) in [6, 6.07) is 12.2. The maximum absolute atomic E-state index is 12.8. The number of nitrogens with zero attached hydrogens (tertiary/aromatic N) is 2. The first-order chi connectivity index (χ1) is 14.1. The average Bonchev–Trinajstić information content (AvgIpc) is 3.14. The van der Waals surface area contributed by atoms with Gasteiger partial charge in [-0.1, -0.05) is 17.3 Å². The van der Waals surface area contributed by atoms with Gasteiger partial charge in [-0.2, -0.15) is 4.98 Å². The summed E-state index contributed by atoms with van der Waals surface area (Å²) in [6.45, 7) is 6.60.